The fourth-order valence-corrected chi connectivity index (χ4v) is 5.14. The molecular formula is C18H20ClN3O3S2. The van der Waals surface area contributed by atoms with E-state index in [9.17, 15) is 9.59 Å². The van der Waals surface area contributed by atoms with Gasteiger partial charge in [-0.05, 0) is 25.0 Å². The molecule has 0 spiro atoms. The maximum atomic E-state index is 12.2. The van der Waals surface area contributed by atoms with Crippen LogP contribution in [-0.2, 0) is 4.79 Å². The average molecular weight is 426 g/mol. The van der Waals surface area contributed by atoms with Gasteiger partial charge in [0.2, 0.25) is 5.91 Å². The van der Waals surface area contributed by atoms with Crippen LogP contribution in [0.3, 0.4) is 0 Å². The van der Waals surface area contributed by atoms with Crippen LogP contribution in [0.2, 0.25) is 5.02 Å². The molecule has 1 aromatic heterocycles. The lowest BCUT2D eigenvalue weighted by atomic mass is 10.1. The molecule has 27 heavy (non-hydrogen) atoms. The second-order valence-electron chi connectivity index (χ2n) is 6.24. The van der Waals surface area contributed by atoms with Crippen molar-refractivity contribution in [1.29, 1.82) is 0 Å². The van der Waals surface area contributed by atoms with Crippen LogP contribution in [0.15, 0.2) is 27.9 Å². The summed E-state index contributed by atoms with van der Waals surface area (Å²) in [7, 11) is 0. The Morgan fingerprint density at radius 3 is 3.04 bits per heavy atom. The number of aromatic carboxylic acids is 1. The van der Waals surface area contributed by atoms with Crippen LogP contribution in [0.5, 0.6) is 0 Å². The van der Waals surface area contributed by atoms with Crippen LogP contribution in [0.1, 0.15) is 28.9 Å². The number of aromatic nitrogens is 1. The van der Waals surface area contributed by atoms with Crippen LogP contribution >= 0.6 is 34.7 Å². The zero-order valence-electron chi connectivity index (χ0n) is 14.8. The maximum absolute atomic E-state index is 12.2. The molecule has 144 valence electrons. The van der Waals surface area contributed by atoms with Gasteiger partial charge in [0.25, 0.3) is 0 Å². The summed E-state index contributed by atoms with van der Waals surface area (Å²) in [5.74, 6) is -0.183. The number of amides is 1. The number of thioether (sulfide) groups is 1. The predicted octanol–water partition coefficient (Wildman–Crippen LogP) is 4.00. The molecule has 6 nitrogen and oxygen atoms in total. The molecule has 2 heterocycles. The number of nitrogens with one attached hydrogen (secondary N) is 1. The molecule has 1 aromatic carbocycles. The summed E-state index contributed by atoms with van der Waals surface area (Å²) in [5, 5.41) is 14.5. The highest BCUT2D eigenvalue weighted by molar-refractivity contribution is 8.01. The summed E-state index contributed by atoms with van der Waals surface area (Å²) in [6.45, 7) is 3.27. The summed E-state index contributed by atoms with van der Waals surface area (Å²) in [5.41, 5.74) is 2.06. The van der Waals surface area contributed by atoms with Gasteiger partial charge in [-0.15, -0.1) is 11.3 Å². The highest BCUT2D eigenvalue weighted by atomic mass is 35.5. The molecule has 1 atom stereocenters. The van der Waals surface area contributed by atoms with E-state index in [2.05, 4.69) is 10.3 Å². The highest BCUT2D eigenvalue weighted by Gasteiger charge is 2.30. The minimum Gasteiger partial charge on any atom is -0.476 e. The van der Waals surface area contributed by atoms with Crippen molar-refractivity contribution in [3.05, 3.63) is 39.9 Å². The zero-order chi connectivity index (χ0) is 19.4. The smallest absolute Gasteiger partial charge is 0.355 e. The largest absolute Gasteiger partial charge is 0.476 e. The molecule has 1 aliphatic rings. The zero-order valence-corrected chi connectivity index (χ0v) is 17.2. The lowest BCUT2D eigenvalue weighted by Crippen LogP contribution is -2.39. The van der Waals surface area contributed by atoms with Gasteiger partial charge in [-0.3, -0.25) is 4.79 Å². The lowest BCUT2D eigenvalue weighted by molar-refractivity contribution is -0.128. The van der Waals surface area contributed by atoms with Crippen LogP contribution in [0, 0.1) is 6.92 Å². The first-order chi connectivity index (χ1) is 13.0. The monoisotopic (exact) mass is 425 g/mol. The van der Waals surface area contributed by atoms with Crippen LogP contribution in [-0.4, -0.2) is 51.8 Å². The van der Waals surface area contributed by atoms with Gasteiger partial charge in [-0.1, -0.05) is 35.5 Å². The van der Waals surface area contributed by atoms with Crippen molar-refractivity contribution in [2.45, 2.75) is 30.1 Å². The van der Waals surface area contributed by atoms with Gasteiger partial charge in [-0.25, -0.2) is 9.78 Å². The van der Waals surface area contributed by atoms with Gasteiger partial charge >= 0.3 is 5.97 Å². The fourth-order valence-electron chi connectivity index (χ4n) is 3.04. The summed E-state index contributed by atoms with van der Waals surface area (Å²) in [6.07, 6.45) is 1.37. The van der Waals surface area contributed by atoms with Gasteiger partial charge in [-0.2, -0.15) is 0 Å². The number of carbonyl (C=O) groups excluding carboxylic acids is 1. The lowest BCUT2D eigenvalue weighted by Gasteiger charge is -2.25. The molecule has 0 bridgehead atoms. The Hall–Kier alpha value is -1.77. The van der Waals surface area contributed by atoms with E-state index in [1.165, 1.54) is 28.5 Å². The molecule has 9 heteroatoms. The van der Waals surface area contributed by atoms with Crippen molar-refractivity contribution >= 4 is 52.3 Å². The number of rotatable bonds is 8. The summed E-state index contributed by atoms with van der Waals surface area (Å²) in [4.78, 5) is 29.1. The Labute approximate surface area is 170 Å². The molecular weight excluding hydrogens is 406 g/mol. The van der Waals surface area contributed by atoms with E-state index in [1.807, 2.05) is 30.0 Å². The third kappa shape index (κ3) is 4.94. The molecule has 1 unspecified atom stereocenters. The molecule has 1 fully saturated rings. The van der Waals surface area contributed by atoms with E-state index < -0.39 is 5.97 Å². The number of aryl methyl sites for hydroxylation is 1. The third-order valence-electron chi connectivity index (χ3n) is 4.45. The minimum atomic E-state index is -1.02. The Kier molecular flexibility index (Phi) is 6.62. The second kappa shape index (κ2) is 8.95. The third-order valence-corrected chi connectivity index (χ3v) is 6.77. The molecule has 1 amide bonds. The van der Waals surface area contributed by atoms with Crippen molar-refractivity contribution < 1.29 is 14.7 Å². The van der Waals surface area contributed by atoms with E-state index >= 15 is 0 Å². The number of carbonyl (C=O) groups is 2. The van der Waals surface area contributed by atoms with E-state index in [4.69, 9.17) is 16.7 Å². The van der Waals surface area contributed by atoms with Gasteiger partial charge in [0.05, 0.1) is 10.7 Å². The van der Waals surface area contributed by atoms with Crippen molar-refractivity contribution in [1.82, 2.24) is 9.88 Å². The first-order valence-corrected chi connectivity index (χ1v) is 10.8. The van der Waals surface area contributed by atoms with Crippen LogP contribution in [0.25, 0.3) is 0 Å². The first kappa shape index (κ1) is 20.0. The summed E-state index contributed by atoms with van der Waals surface area (Å²) >= 11 is 9.05. The number of carboxylic acids is 1. The van der Waals surface area contributed by atoms with Crippen LogP contribution < -0.4 is 5.32 Å². The molecule has 0 radical (unpaired) electrons. The second-order valence-corrected chi connectivity index (χ2v) is 8.85. The highest BCUT2D eigenvalue weighted by Crippen LogP contribution is 2.28. The Morgan fingerprint density at radius 2 is 2.33 bits per heavy atom. The number of thiazole rings is 1. The number of para-hydroxylation sites is 1. The molecule has 3 rings (SSSR count). The van der Waals surface area contributed by atoms with Gasteiger partial charge < -0.3 is 15.3 Å². The van der Waals surface area contributed by atoms with Crippen LogP contribution in [0.4, 0.5) is 5.69 Å². The number of benzene rings is 1. The molecule has 1 aliphatic heterocycles. The number of likely N-dealkylation sites (tertiary alicyclic amines) is 1. The predicted molar refractivity (Wildman–Crippen MR) is 109 cm³/mol. The average Bonchev–Trinajstić information content (AvgIpc) is 3.23. The van der Waals surface area contributed by atoms with E-state index in [0.29, 0.717) is 34.6 Å². The first-order valence-electron chi connectivity index (χ1n) is 8.56. The van der Waals surface area contributed by atoms with Gasteiger partial charge in [0, 0.05) is 36.7 Å². The summed E-state index contributed by atoms with van der Waals surface area (Å²) in [6, 6.07) is 5.89. The Morgan fingerprint density at radius 1 is 1.52 bits per heavy atom. The Bertz CT molecular complexity index is 823. The number of carboxylic acid groups (broad SMARTS) is 1. The number of hydrogen-bond acceptors (Lipinski definition) is 6. The van der Waals surface area contributed by atoms with E-state index in [0.717, 1.165) is 17.7 Å². The van der Waals surface area contributed by atoms with Crippen molar-refractivity contribution in [3.8, 4) is 0 Å². The topological polar surface area (TPSA) is 82.5 Å². The van der Waals surface area contributed by atoms with Crippen molar-refractivity contribution in [2.24, 2.45) is 0 Å². The number of halogens is 1. The molecule has 1 saturated heterocycles. The standard InChI is InChI=1S/C18H20ClN3O3S2/c1-11-3-2-4-13(19)16(11)20-9-12-5-6-15(23)22(12)7-8-26-18-21-14(10-27-18)17(24)25/h2-4,10,12,20H,5-9H2,1H3,(H,24,25). The van der Waals surface area contributed by atoms with E-state index in [1.54, 1.807) is 0 Å². The van der Waals surface area contributed by atoms with E-state index in [-0.39, 0.29) is 17.6 Å². The van der Waals surface area contributed by atoms with Crippen molar-refractivity contribution in [2.75, 3.05) is 24.2 Å². The molecule has 2 N–H and O–H groups in total. The van der Waals surface area contributed by atoms with Gasteiger partial charge in [0.15, 0.2) is 10.0 Å². The SMILES string of the molecule is Cc1cccc(Cl)c1NCC1CCC(=O)N1CCSc1nc(C(=O)O)cs1. The number of anilines is 1. The number of hydrogen-bond donors (Lipinski definition) is 2. The summed E-state index contributed by atoms with van der Waals surface area (Å²) < 4.78 is 0.709. The normalized spacial score (nSPS) is 16.7. The quantitative estimate of drug-likeness (QED) is 0.622. The molecule has 0 aliphatic carbocycles. The minimum absolute atomic E-state index is 0.0666. The Balaban J connectivity index is 1.53. The maximum Gasteiger partial charge on any atom is 0.355 e. The van der Waals surface area contributed by atoms with Crippen molar-refractivity contribution in [3.63, 3.8) is 0 Å². The number of nitrogens with zero attached hydrogens (tertiary/aromatic N) is 2. The molecule has 0 saturated carbocycles. The fraction of sp³-hybridized carbons (Fsp3) is 0.389. The van der Waals surface area contributed by atoms with Gasteiger partial charge in [0.1, 0.15) is 0 Å². The molecule has 2 aromatic rings.